The standard InChI is InChI=1S/C11H9ClFNO2/c1-15-9-4-6-7(3-8(9)13)11(12)14-5-10(6)16-2/h3-5H,1-2H3. The SMILES string of the molecule is COc1cc2c(OC)cnc(Cl)c2cc1F. The Hall–Kier alpha value is -1.55. The lowest BCUT2D eigenvalue weighted by Crippen LogP contribution is -1.92. The van der Waals surface area contributed by atoms with Crippen molar-refractivity contribution in [1.82, 2.24) is 4.98 Å². The molecule has 3 nitrogen and oxygen atoms in total. The van der Waals surface area contributed by atoms with Crippen LogP contribution in [0.3, 0.4) is 0 Å². The number of hydrogen-bond donors (Lipinski definition) is 0. The van der Waals surface area contributed by atoms with Gasteiger partial charge in [0.2, 0.25) is 0 Å². The number of aromatic nitrogens is 1. The maximum Gasteiger partial charge on any atom is 0.165 e. The quantitative estimate of drug-likeness (QED) is 0.758. The molecule has 0 unspecified atom stereocenters. The van der Waals surface area contributed by atoms with Crippen molar-refractivity contribution in [3.63, 3.8) is 0 Å². The van der Waals surface area contributed by atoms with Gasteiger partial charge in [0.05, 0.1) is 20.4 Å². The van der Waals surface area contributed by atoms with Crippen LogP contribution in [-0.2, 0) is 0 Å². The summed E-state index contributed by atoms with van der Waals surface area (Å²) in [7, 11) is 2.92. The number of hydrogen-bond acceptors (Lipinski definition) is 3. The van der Waals surface area contributed by atoms with Gasteiger partial charge in [-0.05, 0) is 12.1 Å². The van der Waals surface area contributed by atoms with Crippen molar-refractivity contribution in [3.05, 3.63) is 29.3 Å². The van der Waals surface area contributed by atoms with Crippen LogP contribution in [0.1, 0.15) is 0 Å². The van der Waals surface area contributed by atoms with Crippen LogP contribution in [0.4, 0.5) is 4.39 Å². The van der Waals surface area contributed by atoms with Gasteiger partial charge in [-0.2, -0.15) is 0 Å². The Labute approximate surface area is 96.8 Å². The predicted molar refractivity (Wildman–Crippen MR) is 59.8 cm³/mol. The third kappa shape index (κ3) is 1.65. The predicted octanol–water partition coefficient (Wildman–Crippen LogP) is 3.04. The summed E-state index contributed by atoms with van der Waals surface area (Å²) in [6.07, 6.45) is 1.49. The number of rotatable bonds is 2. The molecule has 2 rings (SSSR count). The third-order valence-corrected chi connectivity index (χ3v) is 2.60. The molecule has 0 aliphatic carbocycles. The summed E-state index contributed by atoms with van der Waals surface area (Å²) in [4.78, 5) is 3.91. The first-order chi connectivity index (χ1) is 7.67. The molecule has 84 valence electrons. The Bertz CT molecular complexity index is 545. The maximum atomic E-state index is 13.5. The zero-order chi connectivity index (χ0) is 11.7. The van der Waals surface area contributed by atoms with Crippen molar-refractivity contribution in [2.24, 2.45) is 0 Å². The molecule has 2 aromatic rings. The topological polar surface area (TPSA) is 31.4 Å². The van der Waals surface area contributed by atoms with Crippen molar-refractivity contribution in [2.45, 2.75) is 0 Å². The van der Waals surface area contributed by atoms with Gasteiger partial charge in [0.25, 0.3) is 0 Å². The highest BCUT2D eigenvalue weighted by Gasteiger charge is 2.11. The molecule has 0 atom stereocenters. The van der Waals surface area contributed by atoms with E-state index in [-0.39, 0.29) is 10.9 Å². The Morgan fingerprint density at radius 3 is 2.44 bits per heavy atom. The second kappa shape index (κ2) is 4.14. The molecule has 0 aliphatic rings. The molecule has 0 radical (unpaired) electrons. The molecule has 16 heavy (non-hydrogen) atoms. The van der Waals surface area contributed by atoms with E-state index in [0.717, 1.165) is 0 Å². The third-order valence-electron chi connectivity index (χ3n) is 2.29. The average Bonchev–Trinajstić information content (AvgIpc) is 2.30. The van der Waals surface area contributed by atoms with Gasteiger partial charge in [-0.25, -0.2) is 9.37 Å². The van der Waals surface area contributed by atoms with Gasteiger partial charge in [0.1, 0.15) is 10.9 Å². The van der Waals surface area contributed by atoms with Crippen LogP contribution >= 0.6 is 11.6 Å². The van der Waals surface area contributed by atoms with Crippen LogP contribution < -0.4 is 9.47 Å². The summed E-state index contributed by atoms with van der Waals surface area (Å²) in [5.74, 6) is 0.192. The molecule has 0 saturated heterocycles. The van der Waals surface area contributed by atoms with E-state index in [1.165, 1.54) is 32.5 Å². The minimum Gasteiger partial charge on any atom is -0.494 e. The number of nitrogens with zero attached hydrogens (tertiary/aromatic N) is 1. The monoisotopic (exact) mass is 241 g/mol. The maximum absolute atomic E-state index is 13.5. The Balaban J connectivity index is 2.83. The Morgan fingerprint density at radius 1 is 1.12 bits per heavy atom. The lowest BCUT2D eigenvalue weighted by atomic mass is 10.1. The van der Waals surface area contributed by atoms with Gasteiger partial charge in [-0.15, -0.1) is 0 Å². The molecule has 0 aliphatic heterocycles. The van der Waals surface area contributed by atoms with E-state index in [9.17, 15) is 4.39 Å². The number of pyridine rings is 1. The highest BCUT2D eigenvalue weighted by molar-refractivity contribution is 6.34. The van der Waals surface area contributed by atoms with E-state index in [1.54, 1.807) is 0 Å². The minimum absolute atomic E-state index is 0.146. The molecule has 5 heteroatoms. The Kier molecular flexibility index (Phi) is 2.83. The summed E-state index contributed by atoms with van der Waals surface area (Å²) in [5.41, 5.74) is 0. The van der Waals surface area contributed by atoms with Crippen molar-refractivity contribution in [3.8, 4) is 11.5 Å². The molecule has 0 fully saturated rings. The Morgan fingerprint density at radius 2 is 1.81 bits per heavy atom. The fourth-order valence-electron chi connectivity index (χ4n) is 1.50. The fraction of sp³-hybridized carbons (Fsp3) is 0.182. The number of ether oxygens (including phenoxy) is 2. The van der Waals surface area contributed by atoms with Crippen molar-refractivity contribution < 1.29 is 13.9 Å². The van der Waals surface area contributed by atoms with Gasteiger partial charge < -0.3 is 9.47 Å². The normalized spacial score (nSPS) is 10.5. The van der Waals surface area contributed by atoms with E-state index in [2.05, 4.69) is 4.98 Å². The number of methoxy groups -OCH3 is 2. The molecule has 1 aromatic heterocycles. The van der Waals surface area contributed by atoms with Crippen LogP contribution in [0.5, 0.6) is 11.5 Å². The molecule has 0 bridgehead atoms. The van der Waals surface area contributed by atoms with Crippen molar-refractivity contribution in [1.29, 1.82) is 0 Å². The number of benzene rings is 1. The molecular weight excluding hydrogens is 233 g/mol. The summed E-state index contributed by atoms with van der Waals surface area (Å²) >= 11 is 5.88. The molecule has 0 saturated carbocycles. The van der Waals surface area contributed by atoms with Crippen molar-refractivity contribution in [2.75, 3.05) is 14.2 Å². The van der Waals surface area contributed by atoms with Crippen LogP contribution in [0.15, 0.2) is 18.3 Å². The van der Waals surface area contributed by atoms with Crippen LogP contribution in [-0.4, -0.2) is 19.2 Å². The number of halogens is 2. The average molecular weight is 242 g/mol. The van der Waals surface area contributed by atoms with Gasteiger partial charge in [-0.3, -0.25) is 0 Å². The van der Waals surface area contributed by atoms with E-state index in [0.29, 0.717) is 16.5 Å². The van der Waals surface area contributed by atoms with Crippen LogP contribution in [0.25, 0.3) is 10.8 Å². The molecule has 0 amide bonds. The summed E-state index contributed by atoms with van der Waals surface area (Å²) < 4.78 is 23.5. The highest BCUT2D eigenvalue weighted by Crippen LogP contribution is 2.33. The molecule has 0 N–H and O–H groups in total. The van der Waals surface area contributed by atoms with E-state index < -0.39 is 5.82 Å². The zero-order valence-corrected chi connectivity index (χ0v) is 9.51. The first kappa shape index (κ1) is 11.0. The second-order valence-corrected chi connectivity index (χ2v) is 3.51. The van der Waals surface area contributed by atoms with Crippen LogP contribution in [0.2, 0.25) is 5.15 Å². The zero-order valence-electron chi connectivity index (χ0n) is 8.75. The molecule has 0 spiro atoms. The lowest BCUT2D eigenvalue weighted by molar-refractivity contribution is 0.386. The van der Waals surface area contributed by atoms with E-state index in [4.69, 9.17) is 21.1 Å². The summed E-state index contributed by atoms with van der Waals surface area (Å²) in [5, 5.41) is 1.40. The van der Waals surface area contributed by atoms with Gasteiger partial charge in [0.15, 0.2) is 11.6 Å². The molecule has 1 aromatic carbocycles. The molecule has 1 heterocycles. The van der Waals surface area contributed by atoms with Gasteiger partial charge >= 0.3 is 0 Å². The van der Waals surface area contributed by atoms with Gasteiger partial charge in [-0.1, -0.05) is 11.6 Å². The highest BCUT2D eigenvalue weighted by atomic mass is 35.5. The fourth-order valence-corrected chi connectivity index (χ4v) is 1.71. The van der Waals surface area contributed by atoms with E-state index in [1.807, 2.05) is 0 Å². The van der Waals surface area contributed by atoms with Crippen LogP contribution in [0, 0.1) is 5.82 Å². The number of fused-ring (bicyclic) bond motifs is 1. The summed E-state index contributed by atoms with van der Waals surface area (Å²) in [6.45, 7) is 0. The molecular formula is C11H9ClFNO2. The first-order valence-electron chi connectivity index (χ1n) is 4.53. The smallest absolute Gasteiger partial charge is 0.165 e. The van der Waals surface area contributed by atoms with Crippen molar-refractivity contribution >= 4 is 22.4 Å². The lowest BCUT2D eigenvalue weighted by Gasteiger charge is -2.08. The largest absolute Gasteiger partial charge is 0.494 e. The second-order valence-electron chi connectivity index (χ2n) is 3.15. The van der Waals surface area contributed by atoms with E-state index >= 15 is 0 Å². The minimum atomic E-state index is -0.480. The van der Waals surface area contributed by atoms with Gasteiger partial charge in [0, 0.05) is 10.8 Å². The first-order valence-corrected chi connectivity index (χ1v) is 4.91. The summed E-state index contributed by atoms with van der Waals surface area (Å²) in [6, 6.07) is 2.82.